The van der Waals surface area contributed by atoms with Crippen molar-refractivity contribution in [1.82, 2.24) is 0 Å². The fourth-order valence-corrected chi connectivity index (χ4v) is 3.51. The number of hydrogen-bond donors (Lipinski definition) is 0. The van der Waals surface area contributed by atoms with E-state index < -0.39 is 0 Å². The summed E-state index contributed by atoms with van der Waals surface area (Å²) in [4.78, 5) is 4.71. The Labute approximate surface area is 149 Å². The van der Waals surface area contributed by atoms with Gasteiger partial charge in [-0.05, 0) is 19.3 Å². The third kappa shape index (κ3) is 9.59. The highest BCUT2D eigenvalue weighted by Crippen LogP contribution is 2.25. The van der Waals surface area contributed by atoms with E-state index in [1.165, 1.54) is 83.5 Å². The van der Waals surface area contributed by atoms with Crippen LogP contribution in [0.1, 0.15) is 104 Å². The van der Waals surface area contributed by atoms with Crippen molar-refractivity contribution < 1.29 is 4.74 Å². The van der Waals surface area contributed by atoms with Crippen molar-refractivity contribution in [3.05, 3.63) is 0 Å². The molecule has 0 saturated carbocycles. The first-order chi connectivity index (χ1) is 11.3. The molecule has 2 atom stereocenters. The Morgan fingerprint density at radius 3 is 1.87 bits per heavy atom. The van der Waals surface area contributed by atoms with Gasteiger partial charge in [0, 0.05) is 0 Å². The zero-order valence-electron chi connectivity index (χ0n) is 15.5. The van der Waals surface area contributed by atoms with Crippen LogP contribution in [0.4, 0.5) is 0 Å². The molecule has 2 nitrogen and oxygen atoms in total. The summed E-state index contributed by atoms with van der Waals surface area (Å²) in [5.74, 6) is 1.21. The number of hydrogen-bond acceptors (Lipinski definition) is 2. The average molecular weight is 344 g/mol. The van der Waals surface area contributed by atoms with Crippen LogP contribution in [-0.4, -0.2) is 23.9 Å². The van der Waals surface area contributed by atoms with Crippen LogP contribution in [0.25, 0.3) is 0 Å². The van der Waals surface area contributed by atoms with Gasteiger partial charge >= 0.3 is 0 Å². The number of nitrogens with zero attached hydrogens (tertiary/aromatic N) is 1. The van der Waals surface area contributed by atoms with Crippen LogP contribution in [0.3, 0.4) is 0 Å². The first kappa shape index (κ1) is 20.8. The van der Waals surface area contributed by atoms with Gasteiger partial charge in [-0.1, -0.05) is 84.5 Å². The predicted octanol–water partition coefficient (Wildman–Crippen LogP) is 6.89. The van der Waals surface area contributed by atoms with Gasteiger partial charge in [0.25, 0.3) is 0 Å². The number of aliphatic imine (C=N–C) groups is 1. The average Bonchev–Trinajstić information content (AvgIpc) is 2.96. The molecule has 1 heterocycles. The van der Waals surface area contributed by atoms with Crippen LogP contribution >= 0.6 is 11.6 Å². The minimum absolute atomic E-state index is 0.297. The molecule has 0 aliphatic carbocycles. The van der Waals surface area contributed by atoms with E-state index >= 15 is 0 Å². The van der Waals surface area contributed by atoms with Crippen LogP contribution in [0.15, 0.2) is 4.99 Å². The van der Waals surface area contributed by atoms with E-state index in [1.807, 2.05) is 0 Å². The Kier molecular flexibility index (Phi) is 12.8. The van der Waals surface area contributed by atoms with Crippen molar-refractivity contribution in [1.29, 1.82) is 0 Å². The molecular weight excluding hydrogens is 306 g/mol. The topological polar surface area (TPSA) is 21.6 Å². The summed E-state index contributed by atoms with van der Waals surface area (Å²) in [6.45, 7) is 4.54. The number of alkyl halides is 1. The summed E-state index contributed by atoms with van der Waals surface area (Å²) in [6.07, 6.45) is 18.7. The van der Waals surface area contributed by atoms with Gasteiger partial charge in [0.05, 0.1) is 11.9 Å². The highest BCUT2D eigenvalue weighted by atomic mass is 35.5. The molecule has 2 unspecified atom stereocenters. The molecule has 0 bridgehead atoms. The smallest absolute Gasteiger partial charge is 0.199 e. The zero-order chi connectivity index (χ0) is 16.8. The Hall–Kier alpha value is -0.240. The number of ether oxygens (including phenoxy) is 1. The van der Waals surface area contributed by atoms with Crippen LogP contribution in [0.2, 0.25) is 0 Å². The SMILES string of the molecule is CCCCCCCCC1N=C(CCl)OC1CCCCCCCC. The van der Waals surface area contributed by atoms with Gasteiger partial charge in [-0.2, -0.15) is 0 Å². The molecule has 3 heteroatoms. The molecule has 0 amide bonds. The van der Waals surface area contributed by atoms with E-state index in [9.17, 15) is 0 Å². The minimum Gasteiger partial charge on any atom is -0.475 e. The van der Waals surface area contributed by atoms with Crippen molar-refractivity contribution in [2.45, 2.75) is 116 Å². The maximum Gasteiger partial charge on any atom is 0.199 e. The van der Waals surface area contributed by atoms with Crippen LogP contribution in [0.5, 0.6) is 0 Å². The van der Waals surface area contributed by atoms with E-state index in [4.69, 9.17) is 21.3 Å². The lowest BCUT2D eigenvalue weighted by Gasteiger charge is -2.17. The Bertz CT molecular complexity index is 306. The molecule has 136 valence electrons. The first-order valence-corrected chi connectivity index (χ1v) is 10.6. The van der Waals surface area contributed by atoms with Crippen molar-refractivity contribution in [2.24, 2.45) is 4.99 Å². The molecule has 0 N–H and O–H groups in total. The lowest BCUT2D eigenvalue weighted by atomic mass is 9.98. The molecule has 23 heavy (non-hydrogen) atoms. The third-order valence-corrected chi connectivity index (χ3v) is 5.06. The summed E-state index contributed by atoms with van der Waals surface area (Å²) >= 11 is 5.92. The van der Waals surface area contributed by atoms with E-state index in [0.717, 1.165) is 12.3 Å². The van der Waals surface area contributed by atoms with Crippen LogP contribution in [-0.2, 0) is 4.74 Å². The second-order valence-corrected chi connectivity index (χ2v) is 7.26. The summed E-state index contributed by atoms with van der Waals surface area (Å²) in [5.41, 5.74) is 0. The molecular formula is C20H38ClNO. The molecule has 0 fully saturated rings. The highest BCUT2D eigenvalue weighted by molar-refractivity contribution is 6.27. The lowest BCUT2D eigenvalue weighted by molar-refractivity contribution is 0.170. The van der Waals surface area contributed by atoms with Crippen molar-refractivity contribution in [2.75, 3.05) is 5.88 Å². The summed E-state index contributed by atoms with van der Waals surface area (Å²) in [7, 11) is 0. The zero-order valence-corrected chi connectivity index (χ0v) is 16.3. The van der Waals surface area contributed by atoms with Crippen molar-refractivity contribution in [3.63, 3.8) is 0 Å². The molecule has 0 radical (unpaired) electrons. The molecule has 0 aromatic heterocycles. The van der Waals surface area contributed by atoms with Gasteiger partial charge in [0.1, 0.15) is 6.10 Å². The van der Waals surface area contributed by atoms with Gasteiger partial charge in [-0.3, -0.25) is 0 Å². The fraction of sp³-hybridized carbons (Fsp3) is 0.950. The number of rotatable bonds is 15. The molecule has 0 aromatic carbocycles. The molecule has 0 aromatic rings. The summed E-state index contributed by atoms with van der Waals surface area (Å²) in [6, 6.07) is 0.366. The van der Waals surface area contributed by atoms with Crippen molar-refractivity contribution in [3.8, 4) is 0 Å². The van der Waals surface area contributed by atoms with Crippen LogP contribution in [0, 0.1) is 0 Å². The Morgan fingerprint density at radius 1 is 0.783 bits per heavy atom. The quantitative estimate of drug-likeness (QED) is 0.234. The minimum atomic E-state index is 0.297. The van der Waals surface area contributed by atoms with E-state index in [1.54, 1.807) is 0 Å². The lowest BCUT2D eigenvalue weighted by Crippen LogP contribution is -2.22. The van der Waals surface area contributed by atoms with E-state index in [0.29, 0.717) is 18.0 Å². The second kappa shape index (κ2) is 14.1. The molecule has 1 aliphatic heterocycles. The standard InChI is InChI=1S/C20H38ClNO/c1-3-5-7-9-11-13-15-18-19(23-20(17-21)22-18)16-14-12-10-8-6-4-2/h18-19H,3-17H2,1-2H3. The van der Waals surface area contributed by atoms with Gasteiger partial charge in [-0.15, -0.1) is 11.6 Å². The van der Waals surface area contributed by atoms with E-state index in [-0.39, 0.29) is 0 Å². The fourth-order valence-electron chi connectivity index (χ4n) is 3.38. The molecule has 0 spiro atoms. The van der Waals surface area contributed by atoms with Gasteiger partial charge in [0.2, 0.25) is 0 Å². The van der Waals surface area contributed by atoms with Crippen LogP contribution < -0.4 is 0 Å². The third-order valence-electron chi connectivity index (χ3n) is 4.84. The largest absolute Gasteiger partial charge is 0.475 e. The summed E-state index contributed by atoms with van der Waals surface area (Å²) in [5, 5.41) is 0. The number of halogens is 1. The second-order valence-electron chi connectivity index (χ2n) is 6.99. The number of unbranched alkanes of at least 4 members (excludes halogenated alkanes) is 10. The van der Waals surface area contributed by atoms with Gasteiger partial charge in [-0.25, -0.2) is 4.99 Å². The van der Waals surface area contributed by atoms with E-state index in [2.05, 4.69) is 13.8 Å². The molecule has 1 aliphatic rings. The Morgan fingerprint density at radius 2 is 1.30 bits per heavy atom. The Balaban J connectivity index is 2.17. The predicted molar refractivity (Wildman–Crippen MR) is 103 cm³/mol. The maximum atomic E-state index is 5.96. The highest BCUT2D eigenvalue weighted by Gasteiger charge is 2.29. The summed E-state index contributed by atoms with van der Waals surface area (Å²) < 4.78 is 5.96. The maximum absolute atomic E-state index is 5.96. The van der Waals surface area contributed by atoms with Crippen molar-refractivity contribution >= 4 is 17.5 Å². The monoisotopic (exact) mass is 343 g/mol. The van der Waals surface area contributed by atoms with Gasteiger partial charge < -0.3 is 4.74 Å². The first-order valence-electron chi connectivity index (χ1n) is 10.1. The van der Waals surface area contributed by atoms with Gasteiger partial charge in [0.15, 0.2) is 5.90 Å². The molecule has 0 saturated heterocycles. The molecule has 1 rings (SSSR count). The normalized spacial score (nSPS) is 20.6.